The lowest BCUT2D eigenvalue weighted by Crippen LogP contribution is -2.16. The van der Waals surface area contributed by atoms with Crippen LogP contribution in [0.3, 0.4) is 0 Å². The van der Waals surface area contributed by atoms with Crippen LogP contribution in [0.5, 0.6) is 0 Å². The number of hydrogen-bond acceptors (Lipinski definition) is 5. The highest BCUT2D eigenvalue weighted by atomic mass is 16.5. The van der Waals surface area contributed by atoms with E-state index >= 15 is 0 Å². The van der Waals surface area contributed by atoms with Gasteiger partial charge >= 0.3 is 11.9 Å². The van der Waals surface area contributed by atoms with E-state index < -0.39 is 0 Å². The lowest BCUT2D eigenvalue weighted by Gasteiger charge is -2.16. The van der Waals surface area contributed by atoms with Crippen molar-refractivity contribution in [2.45, 2.75) is 142 Å². The Kier molecular flexibility index (Phi) is 25.6. The summed E-state index contributed by atoms with van der Waals surface area (Å²) in [6.45, 7) is 6.18. The van der Waals surface area contributed by atoms with Gasteiger partial charge in [0.1, 0.15) is 0 Å². The van der Waals surface area contributed by atoms with Gasteiger partial charge in [-0.15, -0.1) is 0 Å². The van der Waals surface area contributed by atoms with E-state index in [1.807, 2.05) is 0 Å². The number of ether oxygens (including phenoxy) is 3. The third kappa shape index (κ3) is 24.0. The fourth-order valence-corrected chi connectivity index (χ4v) is 4.11. The molecular weight excluding hydrogens is 428 g/mol. The van der Waals surface area contributed by atoms with Crippen LogP contribution in [0.1, 0.15) is 142 Å². The number of hydrogen-bond donors (Lipinski definition) is 0. The van der Waals surface area contributed by atoms with E-state index in [-0.39, 0.29) is 11.9 Å². The van der Waals surface area contributed by atoms with Crippen molar-refractivity contribution in [1.82, 2.24) is 0 Å². The van der Waals surface area contributed by atoms with Crippen LogP contribution in [0.4, 0.5) is 0 Å². The van der Waals surface area contributed by atoms with E-state index in [0.29, 0.717) is 38.6 Å². The van der Waals surface area contributed by atoms with Crippen LogP contribution in [-0.2, 0) is 23.8 Å². The number of esters is 2. The minimum absolute atomic E-state index is 0.105. The summed E-state index contributed by atoms with van der Waals surface area (Å²) in [6.07, 6.45) is 21.8. The standard InChI is InChI=1S/C29H56O5/c1-4-6-8-9-10-11-12-13-14-15-19-24-33-28(30)21-17-16-18-22-29(31)34-26-27(20-7-5-2)23-25-32-3/h27H,4-26H2,1-3H3. The van der Waals surface area contributed by atoms with Gasteiger partial charge in [-0.1, -0.05) is 97.3 Å². The van der Waals surface area contributed by atoms with Gasteiger partial charge in [-0.25, -0.2) is 0 Å². The molecule has 0 bridgehead atoms. The topological polar surface area (TPSA) is 61.8 Å². The summed E-state index contributed by atoms with van der Waals surface area (Å²) in [5.41, 5.74) is 0. The molecule has 0 saturated carbocycles. The maximum atomic E-state index is 12.0. The largest absolute Gasteiger partial charge is 0.466 e. The quantitative estimate of drug-likeness (QED) is 0.0915. The average molecular weight is 485 g/mol. The Hall–Kier alpha value is -1.10. The normalized spacial score (nSPS) is 12.0. The second-order valence-corrected chi connectivity index (χ2v) is 9.79. The molecule has 0 spiro atoms. The minimum atomic E-state index is -0.127. The molecule has 0 N–H and O–H groups in total. The monoisotopic (exact) mass is 484 g/mol. The van der Waals surface area contributed by atoms with Crippen LogP contribution in [0.2, 0.25) is 0 Å². The lowest BCUT2D eigenvalue weighted by atomic mass is 10.00. The van der Waals surface area contributed by atoms with Gasteiger partial charge in [0.2, 0.25) is 0 Å². The maximum absolute atomic E-state index is 12.0. The second-order valence-electron chi connectivity index (χ2n) is 9.79. The van der Waals surface area contributed by atoms with Crippen LogP contribution in [0.25, 0.3) is 0 Å². The van der Waals surface area contributed by atoms with Gasteiger partial charge < -0.3 is 14.2 Å². The van der Waals surface area contributed by atoms with Crippen molar-refractivity contribution < 1.29 is 23.8 Å². The third-order valence-corrected chi connectivity index (χ3v) is 6.45. The highest BCUT2D eigenvalue weighted by Gasteiger charge is 2.12. The van der Waals surface area contributed by atoms with E-state index in [9.17, 15) is 9.59 Å². The van der Waals surface area contributed by atoms with Crippen LogP contribution < -0.4 is 0 Å². The molecule has 0 aromatic rings. The summed E-state index contributed by atoms with van der Waals surface area (Å²) < 4.78 is 16.0. The van der Waals surface area contributed by atoms with E-state index in [2.05, 4.69) is 13.8 Å². The van der Waals surface area contributed by atoms with Crippen molar-refractivity contribution in [2.75, 3.05) is 26.9 Å². The molecule has 202 valence electrons. The third-order valence-electron chi connectivity index (χ3n) is 6.45. The van der Waals surface area contributed by atoms with E-state index in [1.54, 1.807) is 7.11 Å². The molecule has 0 saturated heterocycles. The first-order valence-electron chi connectivity index (χ1n) is 14.4. The fraction of sp³-hybridized carbons (Fsp3) is 0.931. The molecule has 1 unspecified atom stereocenters. The highest BCUT2D eigenvalue weighted by Crippen LogP contribution is 2.15. The van der Waals surface area contributed by atoms with Crippen LogP contribution in [-0.4, -0.2) is 38.9 Å². The van der Waals surface area contributed by atoms with Gasteiger partial charge in [0.25, 0.3) is 0 Å². The van der Waals surface area contributed by atoms with Crippen molar-refractivity contribution in [1.29, 1.82) is 0 Å². The number of carbonyl (C=O) groups excluding carboxylic acids is 2. The van der Waals surface area contributed by atoms with Crippen LogP contribution >= 0.6 is 0 Å². The molecule has 0 aliphatic rings. The van der Waals surface area contributed by atoms with E-state index in [1.165, 1.54) is 57.8 Å². The molecular formula is C29H56O5. The first kappa shape index (κ1) is 32.9. The molecule has 0 rings (SSSR count). The summed E-state index contributed by atoms with van der Waals surface area (Å²) in [4.78, 5) is 23.8. The maximum Gasteiger partial charge on any atom is 0.305 e. The Labute approximate surface area is 211 Å². The summed E-state index contributed by atoms with van der Waals surface area (Å²) in [6, 6.07) is 0. The summed E-state index contributed by atoms with van der Waals surface area (Å²) >= 11 is 0. The first-order valence-corrected chi connectivity index (χ1v) is 14.4. The summed E-state index contributed by atoms with van der Waals surface area (Å²) in [7, 11) is 1.71. The highest BCUT2D eigenvalue weighted by molar-refractivity contribution is 5.69. The molecule has 34 heavy (non-hydrogen) atoms. The Morgan fingerprint density at radius 1 is 0.559 bits per heavy atom. The molecule has 0 amide bonds. The van der Waals surface area contributed by atoms with Crippen LogP contribution in [0, 0.1) is 5.92 Å². The first-order chi connectivity index (χ1) is 16.6. The Morgan fingerprint density at radius 2 is 1.06 bits per heavy atom. The smallest absolute Gasteiger partial charge is 0.305 e. The zero-order chi connectivity index (χ0) is 25.1. The molecule has 5 heteroatoms. The number of unbranched alkanes of at least 4 members (excludes halogenated alkanes) is 13. The van der Waals surface area contributed by atoms with E-state index in [0.717, 1.165) is 57.8 Å². The molecule has 0 fully saturated rings. The molecule has 0 aliphatic heterocycles. The van der Waals surface area contributed by atoms with Gasteiger partial charge in [0, 0.05) is 26.6 Å². The molecule has 1 atom stereocenters. The van der Waals surface area contributed by atoms with Gasteiger partial charge in [0.15, 0.2) is 0 Å². The molecule has 0 aromatic heterocycles. The second kappa shape index (κ2) is 26.5. The average Bonchev–Trinajstić information content (AvgIpc) is 2.84. The van der Waals surface area contributed by atoms with E-state index in [4.69, 9.17) is 14.2 Å². The Balaban J connectivity index is 3.50. The molecule has 0 heterocycles. The zero-order valence-corrected chi connectivity index (χ0v) is 22.9. The van der Waals surface area contributed by atoms with Gasteiger partial charge in [0.05, 0.1) is 13.2 Å². The molecule has 5 nitrogen and oxygen atoms in total. The van der Waals surface area contributed by atoms with Crippen molar-refractivity contribution in [3.63, 3.8) is 0 Å². The fourth-order valence-electron chi connectivity index (χ4n) is 4.11. The molecule has 0 radical (unpaired) electrons. The number of rotatable bonds is 26. The van der Waals surface area contributed by atoms with Crippen molar-refractivity contribution in [2.24, 2.45) is 5.92 Å². The van der Waals surface area contributed by atoms with Crippen LogP contribution in [0.15, 0.2) is 0 Å². The zero-order valence-electron chi connectivity index (χ0n) is 22.9. The Bertz CT molecular complexity index is 444. The van der Waals surface area contributed by atoms with Crippen molar-refractivity contribution in [3.8, 4) is 0 Å². The minimum Gasteiger partial charge on any atom is -0.466 e. The summed E-state index contributed by atoms with van der Waals surface area (Å²) in [5.74, 6) is 0.156. The number of methoxy groups -OCH3 is 1. The van der Waals surface area contributed by atoms with Gasteiger partial charge in [-0.2, -0.15) is 0 Å². The molecule has 0 aromatic carbocycles. The summed E-state index contributed by atoms with van der Waals surface area (Å²) in [5, 5.41) is 0. The van der Waals surface area contributed by atoms with Crippen molar-refractivity contribution in [3.05, 3.63) is 0 Å². The lowest BCUT2D eigenvalue weighted by molar-refractivity contribution is -0.145. The predicted molar refractivity (Wildman–Crippen MR) is 141 cm³/mol. The molecule has 0 aliphatic carbocycles. The van der Waals surface area contributed by atoms with Crippen molar-refractivity contribution >= 4 is 11.9 Å². The predicted octanol–water partition coefficient (Wildman–Crippen LogP) is 8.18. The number of carbonyl (C=O) groups is 2. The Morgan fingerprint density at radius 3 is 1.62 bits per heavy atom. The van der Waals surface area contributed by atoms with Gasteiger partial charge in [-0.3, -0.25) is 9.59 Å². The van der Waals surface area contributed by atoms with Gasteiger partial charge in [-0.05, 0) is 38.0 Å². The SMILES string of the molecule is CCCCCCCCCCCCCOC(=O)CCCCCC(=O)OCC(CCCC)CCOC.